The summed E-state index contributed by atoms with van der Waals surface area (Å²) >= 11 is 9.60. The molecule has 0 radical (unpaired) electrons. The largest absolute Gasteiger partial charge is 0.493 e. The predicted molar refractivity (Wildman–Crippen MR) is 123 cm³/mol. The molecule has 0 saturated carbocycles. The first kappa shape index (κ1) is 23.3. The number of halogens is 3. The highest BCUT2D eigenvalue weighted by atomic mass is 79.9. The maximum Gasteiger partial charge on any atom is 0.274 e. The van der Waals surface area contributed by atoms with Gasteiger partial charge in [-0.2, -0.15) is 10.4 Å². The Balaban J connectivity index is 1.71. The molecule has 9 heteroatoms. The van der Waals surface area contributed by atoms with Crippen LogP contribution >= 0.6 is 27.5 Å². The van der Waals surface area contributed by atoms with Crippen molar-refractivity contribution in [2.45, 2.75) is 6.61 Å². The van der Waals surface area contributed by atoms with Gasteiger partial charge in [-0.05, 0) is 52.3 Å². The lowest BCUT2D eigenvalue weighted by Gasteiger charge is -2.13. The van der Waals surface area contributed by atoms with E-state index in [-0.39, 0.29) is 17.7 Å². The molecule has 3 aromatic carbocycles. The van der Waals surface area contributed by atoms with E-state index in [0.717, 1.165) is 11.6 Å². The first-order chi connectivity index (χ1) is 15.4. The van der Waals surface area contributed by atoms with Crippen LogP contribution in [0.4, 0.5) is 4.39 Å². The molecule has 3 aromatic rings. The minimum Gasteiger partial charge on any atom is -0.493 e. The lowest BCUT2D eigenvalue weighted by molar-refractivity contribution is 0.0951. The number of ether oxygens (including phenoxy) is 2. The van der Waals surface area contributed by atoms with Crippen LogP contribution in [0.2, 0.25) is 5.02 Å². The SMILES string of the molecule is COc1cc(/C=N\NC(=O)c2ccc(C#N)cc2F)c(Br)cc1OCc1ccccc1Cl. The zero-order valence-corrected chi connectivity index (χ0v) is 19.1. The minimum atomic E-state index is -0.806. The standard InChI is InChI=1S/C23H16BrClFN3O3/c1-31-21-9-16(12-28-29-23(30)17-7-6-14(11-27)8-20(17)26)18(24)10-22(21)32-13-15-4-2-3-5-19(15)25/h2-10,12H,13H2,1H3,(H,29,30)/b28-12-. The normalized spacial score (nSPS) is 10.6. The second-order valence-corrected chi connectivity index (χ2v) is 7.67. The number of hydrogen-bond acceptors (Lipinski definition) is 5. The van der Waals surface area contributed by atoms with Crippen LogP contribution in [-0.4, -0.2) is 19.2 Å². The zero-order valence-electron chi connectivity index (χ0n) is 16.7. The van der Waals surface area contributed by atoms with Gasteiger partial charge >= 0.3 is 0 Å². The molecule has 0 aromatic heterocycles. The van der Waals surface area contributed by atoms with Gasteiger partial charge in [-0.25, -0.2) is 9.82 Å². The van der Waals surface area contributed by atoms with Crippen LogP contribution in [0.5, 0.6) is 11.5 Å². The molecule has 0 bridgehead atoms. The van der Waals surface area contributed by atoms with E-state index in [0.29, 0.717) is 26.6 Å². The number of rotatable bonds is 7. The lowest BCUT2D eigenvalue weighted by atomic mass is 10.1. The number of carbonyl (C=O) groups is 1. The van der Waals surface area contributed by atoms with Gasteiger partial charge in [-0.1, -0.05) is 29.8 Å². The quantitative estimate of drug-likeness (QED) is 0.334. The Hall–Kier alpha value is -3.41. The molecule has 1 N–H and O–H groups in total. The van der Waals surface area contributed by atoms with Crippen molar-refractivity contribution in [2.75, 3.05) is 7.11 Å². The summed E-state index contributed by atoms with van der Waals surface area (Å²) in [6.45, 7) is 0.252. The van der Waals surface area contributed by atoms with Crippen LogP contribution in [0.3, 0.4) is 0 Å². The van der Waals surface area contributed by atoms with Crippen molar-refractivity contribution in [3.8, 4) is 17.6 Å². The monoisotopic (exact) mass is 515 g/mol. The molecule has 0 unspecified atom stereocenters. The predicted octanol–water partition coefficient (Wildman–Crippen LogP) is 5.46. The van der Waals surface area contributed by atoms with Gasteiger partial charge in [0.2, 0.25) is 0 Å². The molecule has 0 spiro atoms. The van der Waals surface area contributed by atoms with E-state index in [1.54, 1.807) is 24.3 Å². The molecule has 0 atom stereocenters. The summed E-state index contributed by atoms with van der Waals surface area (Å²) in [5, 5.41) is 13.3. The van der Waals surface area contributed by atoms with Crippen molar-refractivity contribution in [1.29, 1.82) is 5.26 Å². The Morgan fingerprint density at radius 2 is 2.03 bits per heavy atom. The average molecular weight is 517 g/mol. The molecule has 32 heavy (non-hydrogen) atoms. The Morgan fingerprint density at radius 1 is 1.25 bits per heavy atom. The summed E-state index contributed by atoms with van der Waals surface area (Å²) in [5.41, 5.74) is 3.58. The van der Waals surface area contributed by atoms with Crippen molar-refractivity contribution in [2.24, 2.45) is 5.10 Å². The Labute approximate surface area is 197 Å². The molecule has 0 aliphatic rings. The molecule has 1 amide bonds. The van der Waals surface area contributed by atoms with Crippen LogP contribution in [-0.2, 0) is 6.61 Å². The van der Waals surface area contributed by atoms with E-state index in [9.17, 15) is 9.18 Å². The number of carbonyl (C=O) groups excluding carboxylic acids is 1. The van der Waals surface area contributed by atoms with Crippen molar-refractivity contribution in [3.05, 3.63) is 92.2 Å². The third kappa shape index (κ3) is 5.63. The summed E-state index contributed by atoms with van der Waals surface area (Å²) in [7, 11) is 1.50. The minimum absolute atomic E-state index is 0.121. The van der Waals surface area contributed by atoms with E-state index in [4.69, 9.17) is 26.3 Å². The van der Waals surface area contributed by atoms with Crippen LogP contribution in [0, 0.1) is 17.1 Å². The molecule has 0 saturated heterocycles. The Bertz CT molecular complexity index is 1230. The lowest BCUT2D eigenvalue weighted by Crippen LogP contribution is -2.19. The average Bonchev–Trinajstić information content (AvgIpc) is 2.79. The fraction of sp³-hybridized carbons (Fsp3) is 0.0870. The van der Waals surface area contributed by atoms with E-state index < -0.39 is 11.7 Å². The fourth-order valence-corrected chi connectivity index (χ4v) is 3.30. The maximum absolute atomic E-state index is 14.0. The molecular weight excluding hydrogens is 501 g/mol. The van der Waals surface area contributed by atoms with Gasteiger partial charge in [-0.15, -0.1) is 0 Å². The van der Waals surface area contributed by atoms with Gasteiger partial charge in [0, 0.05) is 20.6 Å². The number of nitrogens with one attached hydrogen (secondary N) is 1. The molecule has 0 fully saturated rings. The summed E-state index contributed by atoms with van der Waals surface area (Å²) < 4.78 is 25.8. The van der Waals surface area contributed by atoms with Gasteiger partial charge in [0.05, 0.1) is 30.5 Å². The van der Waals surface area contributed by atoms with Crippen LogP contribution in [0.1, 0.15) is 27.0 Å². The Kier molecular flexibility index (Phi) is 7.82. The van der Waals surface area contributed by atoms with Crippen molar-refractivity contribution < 1.29 is 18.7 Å². The molecule has 162 valence electrons. The highest BCUT2D eigenvalue weighted by Crippen LogP contribution is 2.34. The number of hydrazone groups is 1. The van der Waals surface area contributed by atoms with Gasteiger partial charge in [0.1, 0.15) is 12.4 Å². The summed E-state index contributed by atoms with van der Waals surface area (Å²) in [6.07, 6.45) is 1.38. The zero-order chi connectivity index (χ0) is 23.1. The third-order valence-electron chi connectivity index (χ3n) is 4.34. The van der Waals surface area contributed by atoms with Crippen LogP contribution in [0.25, 0.3) is 0 Å². The molecule has 0 aliphatic heterocycles. The summed E-state index contributed by atoms with van der Waals surface area (Å²) in [6, 6.07) is 16.1. The molecular formula is C23H16BrClFN3O3. The number of amides is 1. The summed E-state index contributed by atoms with van der Waals surface area (Å²) in [5.74, 6) is -0.614. The smallest absolute Gasteiger partial charge is 0.274 e. The first-order valence-corrected chi connectivity index (χ1v) is 10.4. The second kappa shape index (κ2) is 10.8. The fourth-order valence-electron chi connectivity index (χ4n) is 2.68. The topological polar surface area (TPSA) is 83.7 Å². The number of nitriles is 1. The maximum atomic E-state index is 14.0. The van der Waals surface area contributed by atoms with E-state index >= 15 is 0 Å². The van der Waals surface area contributed by atoms with Gasteiger partial charge in [0.15, 0.2) is 11.5 Å². The second-order valence-electron chi connectivity index (χ2n) is 6.41. The highest BCUT2D eigenvalue weighted by Gasteiger charge is 2.13. The molecule has 3 rings (SSSR count). The number of benzene rings is 3. The number of methoxy groups -OCH3 is 1. The van der Waals surface area contributed by atoms with E-state index in [2.05, 4.69) is 26.5 Å². The third-order valence-corrected chi connectivity index (χ3v) is 5.39. The first-order valence-electron chi connectivity index (χ1n) is 9.19. The molecule has 0 heterocycles. The van der Waals surface area contributed by atoms with E-state index in [1.807, 2.05) is 18.2 Å². The number of nitrogens with zero attached hydrogens (tertiary/aromatic N) is 2. The molecule has 6 nitrogen and oxygen atoms in total. The van der Waals surface area contributed by atoms with Gasteiger partial charge in [-0.3, -0.25) is 4.79 Å². The van der Waals surface area contributed by atoms with E-state index in [1.165, 1.54) is 25.5 Å². The van der Waals surface area contributed by atoms with Crippen molar-refractivity contribution >= 4 is 39.7 Å². The van der Waals surface area contributed by atoms with Crippen molar-refractivity contribution in [1.82, 2.24) is 5.43 Å². The van der Waals surface area contributed by atoms with Crippen LogP contribution < -0.4 is 14.9 Å². The van der Waals surface area contributed by atoms with Crippen LogP contribution in [0.15, 0.2) is 64.2 Å². The molecule has 0 aliphatic carbocycles. The Morgan fingerprint density at radius 3 is 2.72 bits per heavy atom. The van der Waals surface area contributed by atoms with Crippen molar-refractivity contribution in [3.63, 3.8) is 0 Å². The number of hydrogen-bond donors (Lipinski definition) is 1. The van der Waals surface area contributed by atoms with Gasteiger partial charge in [0.25, 0.3) is 5.91 Å². The van der Waals surface area contributed by atoms with Gasteiger partial charge < -0.3 is 9.47 Å². The summed E-state index contributed by atoms with van der Waals surface area (Å²) in [4.78, 5) is 12.1. The highest BCUT2D eigenvalue weighted by molar-refractivity contribution is 9.10.